The quantitative estimate of drug-likeness (QED) is 0.836. The van der Waals surface area contributed by atoms with E-state index in [0.717, 1.165) is 12.0 Å². The number of nitrogens with two attached hydrogens (primary N) is 1. The number of hydrogen-bond acceptors (Lipinski definition) is 2. The van der Waals surface area contributed by atoms with Crippen LogP contribution in [0.4, 0.5) is 0 Å². The molecule has 0 fully saturated rings. The topological polar surface area (TPSA) is 46.3 Å². The molecule has 0 bridgehead atoms. The first-order valence-corrected chi connectivity index (χ1v) is 8.18. The maximum atomic E-state index is 12.7. The molecular weight excluding hydrogens is 320 g/mol. The van der Waals surface area contributed by atoms with Gasteiger partial charge in [-0.05, 0) is 37.0 Å². The summed E-state index contributed by atoms with van der Waals surface area (Å²) in [5, 5.41) is 0. The predicted molar refractivity (Wildman–Crippen MR) is 103 cm³/mol. The number of halogens is 1. The summed E-state index contributed by atoms with van der Waals surface area (Å²) >= 11 is 0. The molecule has 4 heteroatoms. The minimum atomic E-state index is 0. The lowest BCUT2D eigenvalue weighted by atomic mass is 10.0. The lowest BCUT2D eigenvalue weighted by Gasteiger charge is -2.22. The average Bonchev–Trinajstić information content (AvgIpc) is 2.55. The Kier molecular flexibility index (Phi) is 8.51. The highest BCUT2D eigenvalue weighted by atomic mass is 35.5. The van der Waals surface area contributed by atoms with Crippen molar-refractivity contribution in [2.24, 2.45) is 5.73 Å². The Morgan fingerprint density at radius 2 is 1.75 bits per heavy atom. The first-order valence-electron chi connectivity index (χ1n) is 8.18. The molecule has 0 saturated heterocycles. The van der Waals surface area contributed by atoms with E-state index in [-0.39, 0.29) is 18.3 Å². The van der Waals surface area contributed by atoms with E-state index in [9.17, 15) is 4.79 Å². The monoisotopic (exact) mass is 346 g/mol. The molecule has 2 rings (SSSR count). The molecule has 0 saturated carbocycles. The maximum absolute atomic E-state index is 12.7. The second-order valence-corrected chi connectivity index (χ2v) is 6.01. The van der Waals surface area contributed by atoms with Crippen molar-refractivity contribution in [2.45, 2.75) is 26.7 Å². The van der Waals surface area contributed by atoms with Crippen LogP contribution in [-0.4, -0.2) is 30.4 Å². The Bertz CT molecular complexity index is 643. The van der Waals surface area contributed by atoms with E-state index >= 15 is 0 Å². The number of rotatable bonds is 7. The Morgan fingerprint density at radius 1 is 1.04 bits per heavy atom. The van der Waals surface area contributed by atoms with Gasteiger partial charge in [-0.3, -0.25) is 4.79 Å². The van der Waals surface area contributed by atoms with Crippen LogP contribution < -0.4 is 5.73 Å². The molecule has 2 N–H and O–H groups in total. The highest BCUT2D eigenvalue weighted by Gasteiger charge is 2.14. The molecule has 0 radical (unpaired) electrons. The van der Waals surface area contributed by atoms with Crippen LogP contribution in [0.15, 0.2) is 48.5 Å². The van der Waals surface area contributed by atoms with Crippen molar-refractivity contribution in [2.75, 3.05) is 19.6 Å². The molecular formula is C20H27ClN2O. The van der Waals surface area contributed by atoms with Crippen LogP contribution in [0.2, 0.25) is 0 Å². The van der Waals surface area contributed by atoms with Crippen LogP contribution in [0.25, 0.3) is 0 Å². The minimum Gasteiger partial charge on any atom is -0.341 e. The van der Waals surface area contributed by atoms with Crippen LogP contribution in [0, 0.1) is 13.8 Å². The van der Waals surface area contributed by atoms with Crippen molar-refractivity contribution < 1.29 is 4.79 Å². The molecule has 0 spiro atoms. The van der Waals surface area contributed by atoms with Gasteiger partial charge in [0.2, 0.25) is 5.91 Å². The summed E-state index contributed by atoms with van der Waals surface area (Å²) < 4.78 is 0. The Hall–Kier alpha value is -1.84. The van der Waals surface area contributed by atoms with E-state index in [4.69, 9.17) is 5.73 Å². The van der Waals surface area contributed by atoms with Crippen molar-refractivity contribution in [3.8, 4) is 0 Å². The van der Waals surface area contributed by atoms with Crippen molar-refractivity contribution in [3.05, 3.63) is 70.8 Å². The summed E-state index contributed by atoms with van der Waals surface area (Å²) in [5.74, 6) is 0.153. The van der Waals surface area contributed by atoms with Gasteiger partial charge in [0.1, 0.15) is 0 Å². The van der Waals surface area contributed by atoms with Crippen molar-refractivity contribution >= 4 is 18.3 Å². The molecule has 1 amide bonds. The molecule has 130 valence electrons. The number of carbonyl (C=O) groups is 1. The third-order valence-corrected chi connectivity index (χ3v) is 4.11. The molecule has 0 aliphatic carbocycles. The van der Waals surface area contributed by atoms with Gasteiger partial charge in [0.15, 0.2) is 0 Å². The van der Waals surface area contributed by atoms with Gasteiger partial charge >= 0.3 is 0 Å². The van der Waals surface area contributed by atoms with Gasteiger partial charge in [-0.25, -0.2) is 0 Å². The number of benzene rings is 2. The van der Waals surface area contributed by atoms with Gasteiger partial charge in [-0.15, -0.1) is 12.4 Å². The molecule has 2 aromatic carbocycles. The molecule has 0 aromatic heterocycles. The van der Waals surface area contributed by atoms with E-state index in [0.29, 0.717) is 26.1 Å². The standard InChI is InChI=1S/C20H26N2O.ClH/c1-16-8-9-17(2)19(14-16)15-20(23)22(13-11-21)12-10-18-6-4-3-5-7-18;/h3-9,14H,10-13,15,21H2,1-2H3;1H. The van der Waals surface area contributed by atoms with Gasteiger partial charge in [0.05, 0.1) is 6.42 Å². The van der Waals surface area contributed by atoms with E-state index < -0.39 is 0 Å². The van der Waals surface area contributed by atoms with Crippen LogP contribution >= 0.6 is 12.4 Å². The van der Waals surface area contributed by atoms with E-state index in [2.05, 4.69) is 44.2 Å². The molecule has 0 unspecified atom stereocenters. The summed E-state index contributed by atoms with van der Waals surface area (Å²) in [6.45, 7) is 5.93. The third-order valence-electron chi connectivity index (χ3n) is 4.11. The minimum absolute atomic E-state index is 0. The largest absolute Gasteiger partial charge is 0.341 e. The summed E-state index contributed by atoms with van der Waals surface area (Å²) in [4.78, 5) is 14.5. The van der Waals surface area contributed by atoms with Crippen LogP contribution in [0.3, 0.4) is 0 Å². The average molecular weight is 347 g/mol. The highest BCUT2D eigenvalue weighted by Crippen LogP contribution is 2.13. The van der Waals surface area contributed by atoms with Gasteiger partial charge in [0, 0.05) is 19.6 Å². The summed E-state index contributed by atoms with van der Waals surface area (Å²) in [7, 11) is 0. The molecule has 0 aliphatic heterocycles. The highest BCUT2D eigenvalue weighted by molar-refractivity contribution is 5.85. The predicted octanol–water partition coefficient (Wildman–Crippen LogP) is 3.30. The normalized spacial score (nSPS) is 10.1. The van der Waals surface area contributed by atoms with E-state index in [1.54, 1.807) is 0 Å². The van der Waals surface area contributed by atoms with E-state index in [1.807, 2.05) is 23.1 Å². The lowest BCUT2D eigenvalue weighted by molar-refractivity contribution is -0.130. The SMILES string of the molecule is Cc1ccc(C)c(CC(=O)N(CCN)CCc2ccccc2)c1.Cl. The molecule has 0 aliphatic rings. The van der Waals surface area contributed by atoms with Crippen molar-refractivity contribution in [3.63, 3.8) is 0 Å². The second kappa shape index (κ2) is 10.1. The summed E-state index contributed by atoms with van der Waals surface area (Å²) in [6.07, 6.45) is 1.31. The first kappa shape index (κ1) is 20.2. The zero-order valence-corrected chi connectivity index (χ0v) is 15.3. The Morgan fingerprint density at radius 3 is 2.42 bits per heavy atom. The Balaban J connectivity index is 0.00000288. The maximum Gasteiger partial charge on any atom is 0.227 e. The zero-order chi connectivity index (χ0) is 16.7. The van der Waals surface area contributed by atoms with Crippen molar-refractivity contribution in [1.82, 2.24) is 4.90 Å². The number of aryl methyl sites for hydroxylation is 2. The molecule has 2 aromatic rings. The van der Waals surface area contributed by atoms with Crippen LogP contribution in [0.5, 0.6) is 0 Å². The number of amides is 1. The first-order chi connectivity index (χ1) is 11.1. The molecule has 24 heavy (non-hydrogen) atoms. The number of hydrogen-bond donors (Lipinski definition) is 1. The Labute approximate surface area is 151 Å². The zero-order valence-electron chi connectivity index (χ0n) is 14.5. The van der Waals surface area contributed by atoms with Crippen LogP contribution in [0.1, 0.15) is 22.3 Å². The van der Waals surface area contributed by atoms with Gasteiger partial charge < -0.3 is 10.6 Å². The molecule has 3 nitrogen and oxygen atoms in total. The summed E-state index contributed by atoms with van der Waals surface area (Å²) in [5.41, 5.74) is 10.4. The smallest absolute Gasteiger partial charge is 0.227 e. The van der Waals surface area contributed by atoms with Crippen LogP contribution in [-0.2, 0) is 17.6 Å². The van der Waals surface area contributed by atoms with E-state index in [1.165, 1.54) is 16.7 Å². The number of nitrogens with zero attached hydrogens (tertiary/aromatic N) is 1. The fourth-order valence-corrected chi connectivity index (χ4v) is 2.69. The number of carbonyl (C=O) groups excluding carboxylic acids is 1. The second-order valence-electron chi connectivity index (χ2n) is 6.01. The third kappa shape index (κ3) is 5.99. The van der Waals surface area contributed by atoms with Gasteiger partial charge in [-0.1, -0.05) is 54.1 Å². The molecule has 0 atom stereocenters. The van der Waals surface area contributed by atoms with Gasteiger partial charge in [0.25, 0.3) is 0 Å². The fraction of sp³-hybridized carbons (Fsp3) is 0.350. The van der Waals surface area contributed by atoms with Gasteiger partial charge in [-0.2, -0.15) is 0 Å². The van der Waals surface area contributed by atoms with Crippen molar-refractivity contribution in [1.29, 1.82) is 0 Å². The fourth-order valence-electron chi connectivity index (χ4n) is 2.69. The molecule has 0 heterocycles. The summed E-state index contributed by atoms with van der Waals surface area (Å²) in [6, 6.07) is 16.5. The lowest BCUT2D eigenvalue weighted by Crippen LogP contribution is -2.38.